The summed E-state index contributed by atoms with van der Waals surface area (Å²) >= 11 is 0. The van der Waals surface area contributed by atoms with Gasteiger partial charge in [0.1, 0.15) is 12.1 Å². The normalized spacial score (nSPS) is 11.9. The van der Waals surface area contributed by atoms with Crippen LogP contribution in [-0.2, 0) is 0 Å². The monoisotopic (exact) mass is 370 g/mol. The molecule has 0 spiro atoms. The van der Waals surface area contributed by atoms with E-state index in [1.807, 2.05) is 47.0 Å². The van der Waals surface area contributed by atoms with Gasteiger partial charge in [0.05, 0.1) is 17.1 Å². The average Bonchev–Trinajstić information content (AvgIpc) is 3.16. The van der Waals surface area contributed by atoms with Crippen molar-refractivity contribution in [3.63, 3.8) is 0 Å². The highest BCUT2D eigenvalue weighted by molar-refractivity contribution is 5.81. The minimum absolute atomic E-state index is 0.102. The highest BCUT2D eigenvalue weighted by Gasteiger charge is 2.10. The van der Waals surface area contributed by atoms with E-state index in [2.05, 4.69) is 57.3 Å². The van der Waals surface area contributed by atoms with E-state index in [1.54, 1.807) is 12.5 Å². The number of hydrogen-bond acceptors (Lipinski definition) is 5. The number of rotatable bonds is 7. The topological polar surface area (TPSA) is 67.7 Å². The quantitative estimate of drug-likeness (QED) is 0.466. The molecular formula is C22H22N6. The molecule has 0 aliphatic carbocycles. The molecule has 2 aromatic heterocycles. The second-order valence-corrected chi connectivity index (χ2v) is 6.50. The molecule has 4 aromatic rings. The van der Waals surface area contributed by atoms with Crippen LogP contribution in [0.1, 0.15) is 18.5 Å². The van der Waals surface area contributed by atoms with Crippen LogP contribution in [0.3, 0.4) is 0 Å². The molecule has 0 saturated heterocycles. The highest BCUT2D eigenvalue weighted by Crippen LogP contribution is 2.22. The Balaban J connectivity index is 1.63. The molecule has 0 bridgehead atoms. The Morgan fingerprint density at radius 1 is 1.11 bits per heavy atom. The van der Waals surface area contributed by atoms with Crippen LogP contribution in [0, 0.1) is 0 Å². The molecule has 2 N–H and O–H groups in total. The van der Waals surface area contributed by atoms with Crippen LogP contribution in [0.4, 0.5) is 11.6 Å². The van der Waals surface area contributed by atoms with E-state index < -0.39 is 0 Å². The lowest BCUT2D eigenvalue weighted by Crippen LogP contribution is -2.10. The van der Waals surface area contributed by atoms with E-state index >= 15 is 0 Å². The van der Waals surface area contributed by atoms with Gasteiger partial charge in [-0.15, -0.1) is 6.58 Å². The average molecular weight is 370 g/mol. The SMILES string of the molecule is C=CCNc1ccc2ncn(-c3ccnc(N[C@@H](C)c4ccccc4)n3)c2c1. The predicted molar refractivity (Wildman–Crippen MR) is 114 cm³/mol. The summed E-state index contributed by atoms with van der Waals surface area (Å²) in [5.74, 6) is 1.35. The lowest BCUT2D eigenvalue weighted by Gasteiger charge is -2.14. The van der Waals surface area contributed by atoms with Gasteiger partial charge in [0.15, 0.2) is 0 Å². The molecular weight excluding hydrogens is 348 g/mol. The van der Waals surface area contributed by atoms with E-state index in [0.29, 0.717) is 12.5 Å². The third-order valence-electron chi connectivity index (χ3n) is 4.53. The maximum absolute atomic E-state index is 4.69. The van der Waals surface area contributed by atoms with Crippen molar-refractivity contribution in [2.24, 2.45) is 0 Å². The molecule has 6 heteroatoms. The fraction of sp³-hybridized carbons (Fsp3) is 0.136. The highest BCUT2D eigenvalue weighted by atomic mass is 15.2. The molecule has 1 atom stereocenters. The maximum Gasteiger partial charge on any atom is 0.225 e. The van der Waals surface area contributed by atoms with Crippen molar-refractivity contribution >= 4 is 22.7 Å². The minimum atomic E-state index is 0.102. The van der Waals surface area contributed by atoms with Gasteiger partial charge in [0.25, 0.3) is 0 Å². The first kappa shape index (κ1) is 17.7. The van der Waals surface area contributed by atoms with Crippen molar-refractivity contribution in [2.45, 2.75) is 13.0 Å². The molecule has 6 nitrogen and oxygen atoms in total. The van der Waals surface area contributed by atoms with Crippen LogP contribution in [0.15, 0.2) is 79.8 Å². The summed E-state index contributed by atoms with van der Waals surface area (Å²) in [6.07, 6.45) is 5.38. The van der Waals surface area contributed by atoms with Gasteiger partial charge in [-0.1, -0.05) is 36.4 Å². The van der Waals surface area contributed by atoms with Gasteiger partial charge in [-0.05, 0) is 36.8 Å². The van der Waals surface area contributed by atoms with E-state index in [1.165, 1.54) is 5.56 Å². The Hall–Kier alpha value is -3.67. The fourth-order valence-electron chi connectivity index (χ4n) is 3.06. The molecule has 2 heterocycles. The number of nitrogens with zero attached hydrogens (tertiary/aromatic N) is 4. The number of imidazole rings is 1. The number of anilines is 2. The van der Waals surface area contributed by atoms with Gasteiger partial charge in [-0.2, -0.15) is 4.98 Å². The zero-order valence-electron chi connectivity index (χ0n) is 15.7. The van der Waals surface area contributed by atoms with Crippen LogP contribution < -0.4 is 10.6 Å². The number of nitrogens with one attached hydrogen (secondary N) is 2. The zero-order valence-corrected chi connectivity index (χ0v) is 15.7. The van der Waals surface area contributed by atoms with E-state index in [0.717, 1.165) is 22.5 Å². The third-order valence-corrected chi connectivity index (χ3v) is 4.53. The first-order valence-corrected chi connectivity index (χ1v) is 9.21. The molecule has 0 fully saturated rings. The van der Waals surface area contributed by atoms with Crippen molar-refractivity contribution in [1.29, 1.82) is 0 Å². The summed E-state index contributed by atoms with van der Waals surface area (Å²) in [7, 11) is 0. The minimum Gasteiger partial charge on any atom is -0.382 e. The number of benzene rings is 2. The third kappa shape index (κ3) is 3.71. The summed E-state index contributed by atoms with van der Waals surface area (Å²) < 4.78 is 1.97. The van der Waals surface area contributed by atoms with Crippen molar-refractivity contribution in [1.82, 2.24) is 19.5 Å². The second-order valence-electron chi connectivity index (χ2n) is 6.50. The molecule has 0 unspecified atom stereocenters. The van der Waals surface area contributed by atoms with Gasteiger partial charge in [-0.3, -0.25) is 4.57 Å². The van der Waals surface area contributed by atoms with Crippen molar-refractivity contribution in [2.75, 3.05) is 17.2 Å². The van der Waals surface area contributed by atoms with Crippen molar-refractivity contribution in [3.8, 4) is 5.82 Å². The Kier molecular flexibility index (Phi) is 5.01. The lowest BCUT2D eigenvalue weighted by molar-refractivity contribution is 0.854. The molecule has 0 saturated carbocycles. The van der Waals surface area contributed by atoms with Crippen LogP contribution in [0.5, 0.6) is 0 Å². The summed E-state index contributed by atoms with van der Waals surface area (Å²) in [4.78, 5) is 13.5. The summed E-state index contributed by atoms with van der Waals surface area (Å²) in [6, 6.07) is 18.3. The first-order valence-electron chi connectivity index (χ1n) is 9.21. The van der Waals surface area contributed by atoms with Crippen molar-refractivity contribution in [3.05, 3.63) is 85.3 Å². The van der Waals surface area contributed by atoms with Gasteiger partial charge >= 0.3 is 0 Å². The lowest BCUT2D eigenvalue weighted by atomic mass is 10.1. The van der Waals surface area contributed by atoms with E-state index in [9.17, 15) is 0 Å². The molecule has 140 valence electrons. The fourth-order valence-corrected chi connectivity index (χ4v) is 3.06. The smallest absolute Gasteiger partial charge is 0.225 e. The predicted octanol–water partition coefficient (Wildman–Crippen LogP) is 4.59. The molecule has 0 amide bonds. The van der Waals surface area contributed by atoms with Gasteiger partial charge in [0.2, 0.25) is 5.95 Å². The summed E-state index contributed by atoms with van der Waals surface area (Å²) in [5.41, 5.74) is 4.09. The second kappa shape index (κ2) is 7.92. The van der Waals surface area contributed by atoms with Crippen LogP contribution >= 0.6 is 0 Å². The largest absolute Gasteiger partial charge is 0.382 e. The van der Waals surface area contributed by atoms with Crippen LogP contribution in [-0.4, -0.2) is 26.1 Å². The van der Waals surface area contributed by atoms with Gasteiger partial charge in [0, 0.05) is 18.4 Å². The zero-order chi connectivity index (χ0) is 19.3. The summed E-state index contributed by atoms with van der Waals surface area (Å²) in [5, 5.41) is 6.67. The molecule has 0 aliphatic rings. The molecule has 0 aliphatic heterocycles. The molecule has 0 radical (unpaired) electrons. The number of fused-ring (bicyclic) bond motifs is 1. The molecule has 2 aromatic carbocycles. The van der Waals surface area contributed by atoms with E-state index in [4.69, 9.17) is 0 Å². The first-order chi connectivity index (χ1) is 13.7. The number of hydrogen-bond donors (Lipinski definition) is 2. The Bertz CT molecular complexity index is 1090. The molecule has 4 rings (SSSR count). The van der Waals surface area contributed by atoms with Gasteiger partial charge in [-0.25, -0.2) is 9.97 Å². The number of aromatic nitrogens is 4. The Morgan fingerprint density at radius 3 is 2.79 bits per heavy atom. The standard InChI is InChI=1S/C22H22N6/c1-3-12-23-18-9-10-19-20(14-18)28(15-25-19)21-11-13-24-22(27-21)26-16(2)17-7-5-4-6-8-17/h3-11,13-16,23H,1,12H2,2H3,(H,24,26,27)/t16-/m0/s1. The Labute approximate surface area is 164 Å². The Morgan fingerprint density at radius 2 is 1.96 bits per heavy atom. The van der Waals surface area contributed by atoms with Crippen LogP contribution in [0.25, 0.3) is 16.9 Å². The maximum atomic E-state index is 4.69. The summed E-state index contributed by atoms with van der Waals surface area (Å²) in [6.45, 7) is 6.54. The van der Waals surface area contributed by atoms with Crippen molar-refractivity contribution < 1.29 is 0 Å². The van der Waals surface area contributed by atoms with Crippen LogP contribution in [0.2, 0.25) is 0 Å². The molecule has 28 heavy (non-hydrogen) atoms. The van der Waals surface area contributed by atoms with E-state index in [-0.39, 0.29) is 6.04 Å². The van der Waals surface area contributed by atoms with Gasteiger partial charge < -0.3 is 10.6 Å².